The summed E-state index contributed by atoms with van der Waals surface area (Å²) in [6.45, 7) is 3.93. The van der Waals surface area contributed by atoms with Crippen LogP contribution in [0.15, 0.2) is 42.6 Å². The third kappa shape index (κ3) is 2.48. The molecule has 0 saturated carbocycles. The van der Waals surface area contributed by atoms with Crippen LogP contribution in [0.2, 0.25) is 0 Å². The highest BCUT2D eigenvalue weighted by molar-refractivity contribution is 5.87. The van der Waals surface area contributed by atoms with Crippen molar-refractivity contribution < 1.29 is 4.39 Å². The number of hydrogen-bond donors (Lipinski definition) is 2. The van der Waals surface area contributed by atoms with E-state index in [1.165, 1.54) is 12.1 Å². The molecular weight excluding hydrogens is 303 g/mol. The standard InChI is InChI=1S/C19H17FN4/c1-3-17-22-18(12-4-5-13-10-21-24-16(13)9-12)19(23-17)14-6-11(2)7-15(20)8-14/h4-10H,3H2,1-2H3,(H,21,24)(H,22,23). The summed E-state index contributed by atoms with van der Waals surface area (Å²) in [6, 6.07) is 11.1. The maximum absolute atomic E-state index is 13.9. The SMILES string of the molecule is CCc1nc(-c2cc(C)cc(F)c2)c(-c2ccc3cn[nH]c3c2)[nH]1. The summed E-state index contributed by atoms with van der Waals surface area (Å²) in [6.07, 6.45) is 2.58. The van der Waals surface area contributed by atoms with E-state index in [4.69, 9.17) is 0 Å². The lowest BCUT2D eigenvalue weighted by Gasteiger charge is -2.05. The van der Waals surface area contributed by atoms with Gasteiger partial charge < -0.3 is 4.98 Å². The molecule has 0 unspecified atom stereocenters. The highest BCUT2D eigenvalue weighted by Gasteiger charge is 2.15. The summed E-state index contributed by atoms with van der Waals surface area (Å²) in [7, 11) is 0. The Kier molecular flexibility index (Phi) is 3.41. The van der Waals surface area contributed by atoms with Gasteiger partial charge >= 0.3 is 0 Å². The van der Waals surface area contributed by atoms with Crippen molar-refractivity contribution in [2.75, 3.05) is 0 Å². The van der Waals surface area contributed by atoms with Crippen LogP contribution in [0.4, 0.5) is 4.39 Å². The van der Waals surface area contributed by atoms with Crippen LogP contribution in [0.1, 0.15) is 18.3 Å². The monoisotopic (exact) mass is 320 g/mol. The van der Waals surface area contributed by atoms with Gasteiger partial charge in [-0.25, -0.2) is 9.37 Å². The Morgan fingerprint density at radius 2 is 1.96 bits per heavy atom. The van der Waals surface area contributed by atoms with Crippen LogP contribution >= 0.6 is 0 Å². The predicted molar refractivity (Wildman–Crippen MR) is 93.2 cm³/mol. The first kappa shape index (κ1) is 14.6. The van der Waals surface area contributed by atoms with Crippen LogP contribution in [0.25, 0.3) is 33.4 Å². The van der Waals surface area contributed by atoms with Crippen LogP contribution in [-0.4, -0.2) is 20.2 Å². The first-order chi connectivity index (χ1) is 11.6. The quantitative estimate of drug-likeness (QED) is 0.578. The summed E-state index contributed by atoms with van der Waals surface area (Å²) >= 11 is 0. The normalized spacial score (nSPS) is 11.3. The molecule has 2 N–H and O–H groups in total. The van der Waals surface area contributed by atoms with Gasteiger partial charge in [-0.1, -0.05) is 19.1 Å². The lowest BCUT2D eigenvalue weighted by atomic mass is 10.0. The summed E-state index contributed by atoms with van der Waals surface area (Å²) in [4.78, 5) is 8.05. The molecule has 0 bridgehead atoms. The van der Waals surface area contributed by atoms with Crippen molar-refractivity contribution in [1.29, 1.82) is 0 Å². The van der Waals surface area contributed by atoms with Crippen molar-refractivity contribution in [3.8, 4) is 22.5 Å². The van der Waals surface area contributed by atoms with Gasteiger partial charge in [0.25, 0.3) is 0 Å². The Labute approximate surface area is 138 Å². The predicted octanol–water partition coefficient (Wildman–Crippen LogP) is 4.63. The summed E-state index contributed by atoms with van der Waals surface area (Å²) < 4.78 is 13.9. The van der Waals surface area contributed by atoms with Crippen LogP contribution in [0.5, 0.6) is 0 Å². The van der Waals surface area contributed by atoms with E-state index in [0.29, 0.717) is 0 Å². The fourth-order valence-electron chi connectivity index (χ4n) is 2.97. The zero-order valence-electron chi connectivity index (χ0n) is 13.5. The van der Waals surface area contributed by atoms with E-state index >= 15 is 0 Å². The molecule has 2 aromatic heterocycles. The fraction of sp³-hybridized carbons (Fsp3) is 0.158. The van der Waals surface area contributed by atoms with E-state index in [2.05, 4.69) is 20.2 Å². The molecule has 0 fully saturated rings. The van der Waals surface area contributed by atoms with Crippen molar-refractivity contribution in [3.05, 3.63) is 59.8 Å². The number of aromatic amines is 2. The Balaban J connectivity index is 1.92. The van der Waals surface area contributed by atoms with Crippen molar-refractivity contribution in [2.24, 2.45) is 0 Å². The molecule has 2 heterocycles. The molecule has 4 rings (SSSR count). The second-order valence-corrected chi connectivity index (χ2v) is 5.95. The van der Waals surface area contributed by atoms with Crippen molar-refractivity contribution >= 4 is 10.9 Å². The number of aryl methyl sites for hydroxylation is 2. The molecule has 4 aromatic rings. The molecule has 120 valence electrons. The van der Waals surface area contributed by atoms with Crippen LogP contribution in [0, 0.1) is 12.7 Å². The first-order valence-corrected chi connectivity index (χ1v) is 7.94. The molecule has 0 amide bonds. The van der Waals surface area contributed by atoms with Gasteiger partial charge in [0, 0.05) is 22.9 Å². The third-order valence-corrected chi connectivity index (χ3v) is 4.13. The third-order valence-electron chi connectivity index (χ3n) is 4.13. The average Bonchev–Trinajstić information content (AvgIpc) is 3.19. The minimum Gasteiger partial charge on any atom is -0.341 e. The second-order valence-electron chi connectivity index (χ2n) is 5.95. The van der Waals surface area contributed by atoms with E-state index in [-0.39, 0.29) is 5.82 Å². The molecule has 0 spiro atoms. The Bertz CT molecular complexity index is 1010. The largest absolute Gasteiger partial charge is 0.341 e. The number of hydrogen-bond acceptors (Lipinski definition) is 2. The number of rotatable bonds is 3. The Hall–Kier alpha value is -2.95. The van der Waals surface area contributed by atoms with Crippen LogP contribution in [-0.2, 0) is 6.42 Å². The minimum absolute atomic E-state index is 0.249. The Morgan fingerprint density at radius 1 is 1.08 bits per heavy atom. The highest BCUT2D eigenvalue weighted by Crippen LogP contribution is 2.32. The first-order valence-electron chi connectivity index (χ1n) is 7.94. The average molecular weight is 320 g/mol. The molecule has 0 saturated heterocycles. The van der Waals surface area contributed by atoms with Gasteiger partial charge in [-0.3, -0.25) is 5.10 Å². The molecule has 2 aromatic carbocycles. The molecule has 0 aliphatic carbocycles. The van der Waals surface area contributed by atoms with Crippen LogP contribution in [0.3, 0.4) is 0 Å². The van der Waals surface area contributed by atoms with Gasteiger partial charge in [-0.2, -0.15) is 5.10 Å². The van der Waals surface area contributed by atoms with Gasteiger partial charge in [0.1, 0.15) is 11.6 Å². The van der Waals surface area contributed by atoms with Gasteiger partial charge in [-0.15, -0.1) is 0 Å². The number of halogens is 1. The maximum Gasteiger partial charge on any atom is 0.124 e. The second kappa shape index (κ2) is 5.60. The zero-order chi connectivity index (χ0) is 16.7. The number of imidazole rings is 1. The van der Waals surface area contributed by atoms with E-state index in [9.17, 15) is 4.39 Å². The molecule has 24 heavy (non-hydrogen) atoms. The van der Waals surface area contributed by atoms with Crippen LogP contribution < -0.4 is 0 Å². The van der Waals surface area contributed by atoms with E-state index < -0.39 is 0 Å². The molecule has 0 atom stereocenters. The lowest BCUT2D eigenvalue weighted by molar-refractivity contribution is 0.627. The fourth-order valence-corrected chi connectivity index (χ4v) is 2.97. The highest BCUT2D eigenvalue weighted by atomic mass is 19.1. The van der Waals surface area contributed by atoms with E-state index in [1.54, 1.807) is 6.20 Å². The summed E-state index contributed by atoms with van der Waals surface area (Å²) in [5.41, 5.74) is 5.28. The van der Waals surface area contributed by atoms with E-state index in [0.717, 1.165) is 51.2 Å². The number of fused-ring (bicyclic) bond motifs is 1. The van der Waals surface area contributed by atoms with Gasteiger partial charge in [0.05, 0.1) is 23.1 Å². The van der Waals surface area contributed by atoms with Gasteiger partial charge in [-0.05, 0) is 36.8 Å². The van der Waals surface area contributed by atoms with Gasteiger partial charge in [0.15, 0.2) is 0 Å². The molecular formula is C19H17FN4. The molecule has 0 aliphatic rings. The van der Waals surface area contributed by atoms with Gasteiger partial charge in [0.2, 0.25) is 0 Å². The number of aromatic nitrogens is 4. The zero-order valence-corrected chi connectivity index (χ0v) is 13.5. The Morgan fingerprint density at radius 3 is 2.75 bits per heavy atom. The maximum atomic E-state index is 13.9. The smallest absolute Gasteiger partial charge is 0.124 e. The molecule has 4 nitrogen and oxygen atoms in total. The number of benzene rings is 2. The number of nitrogens with zero attached hydrogens (tertiary/aromatic N) is 2. The number of H-pyrrole nitrogens is 2. The molecule has 0 radical (unpaired) electrons. The van der Waals surface area contributed by atoms with E-state index in [1.807, 2.05) is 38.1 Å². The van der Waals surface area contributed by atoms with Crippen molar-refractivity contribution in [1.82, 2.24) is 20.2 Å². The molecule has 5 heteroatoms. The summed E-state index contributed by atoms with van der Waals surface area (Å²) in [5, 5.41) is 8.10. The lowest BCUT2D eigenvalue weighted by Crippen LogP contribution is -1.87. The summed E-state index contributed by atoms with van der Waals surface area (Å²) in [5.74, 6) is 0.632. The topological polar surface area (TPSA) is 57.4 Å². The minimum atomic E-state index is -0.249. The number of nitrogens with one attached hydrogen (secondary N) is 2. The van der Waals surface area contributed by atoms with Crippen molar-refractivity contribution in [2.45, 2.75) is 20.3 Å². The van der Waals surface area contributed by atoms with Crippen molar-refractivity contribution in [3.63, 3.8) is 0 Å². The molecule has 0 aliphatic heterocycles.